The van der Waals surface area contributed by atoms with Crippen molar-refractivity contribution in [2.45, 2.75) is 6.10 Å². The lowest BCUT2D eigenvalue weighted by Crippen LogP contribution is -2.11. The van der Waals surface area contributed by atoms with Gasteiger partial charge in [0.05, 0.1) is 28.2 Å². The maximum Gasteiger partial charge on any atom is 0.183 e. The fourth-order valence-electron chi connectivity index (χ4n) is 3.34. The van der Waals surface area contributed by atoms with Crippen LogP contribution in [0, 0.1) is 0 Å². The number of aromatic nitrogens is 4. The molecule has 160 valence electrons. The number of nitrogens with zero attached hydrogens (tertiary/aromatic N) is 4. The molecule has 3 aromatic heterocycles. The van der Waals surface area contributed by atoms with E-state index in [1.165, 1.54) is 11.3 Å². The molecule has 0 aliphatic rings. The monoisotopic (exact) mass is 443 g/mol. The molecule has 7 nitrogen and oxygen atoms in total. The number of ether oxygens (including phenoxy) is 1. The van der Waals surface area contributed by atoms with Gasteiger partial charge >= 0.3 is 0 Å². The number of aliphatic hydroxyl groups is 1. The van der Waals surface area contributed by atoms with Crippen molar-refractivity contribution in [2.24, 2.45) is 7.05 Å². The van der Waals surface area contributed by atoms with Gasteiger partial charge < -0.3 is 15.2 Å². The summed E-state index contributed by atoms with van der Waals surface area (Å²) in [5.74, 6) is 1.42. The zero-order valence-corrected chi connectivity index (χ0v) is 18.2. The van der Waals surface area contributed by atoms with E-state index in [2.05, 4.69) is 20.4 Å². The van der Waals surface area contributed by atoms with E-state index in [0.717, 1.165) is 37.9 Å². The van der Waals surface area contributed by atoms with Gasteiger partial charge in [-0.1, -0.05) is 41.7 Å². The fraction of sp³-hybridized carbons (Fsp3) is 0.125. The molecule has 5 rings (SSSR count). The predicted octanol–water partition coefficient (Wildman–Crippen LogP) is 5.03. The van der Waals surface area contributed by atoms with Crippen molar-refractivity contribution < 1.29 is 9.84 Å². The summed E-state index contributed by atoms with van der Waals surface area (Å²) in [6.45, 7) is 0.390. The molecule has 0 aliphatic heterocycles. The highest BCUT2D eigenvalue weighted by molar-refractivity contribution is 7.22. The van der Waals surface area contributed by atoms with Crippen LogP contribution in [0.5, 0.6) is 11.5 Å². The number of anilines is 1. The van der Waals surface area contributed by atoms with Gasteiger partial charge in [0.1, 0.15) is 11.5 Å². The first-order chi connectivity index (χ1) is 15.6. The van der Waals surface area contributed by atoms with Gasteiger partial charge in [-0.25, -0.2) is 4.98 Å². The Labute approximate surface area is 189 Å². The predicted molar refractivity (Wildman–Crippen MR) is 126 cm³/mol. The van der Waals surface area contributed by atoms with Crippen LogP contribution in [0.2, 0.25) is 0 Å². The molecule has 32 heavy (non-hydrogen) atoms. The number of fused-ring (bicyclic) bond motifs is 1. The Balaban J connectivity index is 1.29. The van der Waals surface area contributed by atoms with Gasteiger partial charge in [0.2, 0.25) is 0 Å². The Kier molecular flexibility index (Phi) is 5.53. The highest BCUT2D eigenvalue weighted by Gasteiger charge is 2.10. The Bertz CT molecular complexity index is 1350. The summed E-state index contributed by atoms with van der Waals surface area (Å²) in [6, 6.07) is 19.1. The number of nitrogens with one attached hydrogen (secondary N) is 1. The lowest BCUT2D eigenvalue weighted by Gasteiger charge is -2.10. The van der Waals surface area contributed by atoms with Crippen molar-refractivity contribution in [1.29, 1.82) is 0 Å². The smallest absolute Gasteiger partial charge is 0.183 e. The summed E-state index contributed by atoms with van der Waals surface area (Å²) in [4.78, 5) is 9.01. The Morgan fingerprint density at radius 2 is 1.94 bits per heavy atom. The van der Waals surface area contributed by atoms with Crippen molar-refractivity contribution in [3.63, 3.8) is 0 Å². The molecule has 0 aliphatic carbocycles. The second-order valence-corrected chi connectivity index (χ2v) is 8.37. The molecule has 0 fully saturated rings. The molecule has 0 radical (unpaired) electrons. The van der Waals surface area contributed by atoms with E-state index in [1.54, 1.807) is 17.1 Å². The van der Waals surface area contributed by atoms with Crippen LogP contribution >= 0.6 is 11.3 Å². The van der Waals surface area contributed by atoms with Crippen LogP contribution in [-0.2, 0) is 7.05 Å². The average Bonchev–Trinajstić information content (AvgIpc) is 3.44. The van der Waals surface area contributed by atoms with Crippen LogP contribution in [-0.4, -0.2) is 31.4 Å². The molecule has 2 aromatic carbocycles. The molecular weight excluding hydrogens is 422 g/mol. The Morgan fingerprint density at radius 3 is 2.75 bits per heavy atom. The Hall–Kier alpha value is -3.75. The van der Waals surface area contributed by atoms with Gasteiger partial charge in [-0.2, -0.15) is 5.10 Å². The zero-order valence-electron chi connectivity index (χ0n) is 17.3. The lowest BCUT2D eigenvalue weighted by molar-refractivity contribution is 0.191. The molecule has 0 bridgehead atoms. The molecule has 2 N–H and O–H groups in total. The number of rotatable bonds is 7. The van der Waals surface area contributed by atoms with Gasteiger partial charge in [-0.3, -0.25) is 9.67 Å². The number of pyridine rings is 1. The molecular formula is C24H21N5O2S. The second-order valence-electron chi connectivity index (χ2n) is 7.34. The summed E-state index contributed by atoms with van der Waals surface area (Å²) >= 11 is 1.53. The molecule has 0 saturated heterocycles. The quantitative estimate of drug-likeness (QED) is 0.367. The molecule has 1 unspecified atom stereocenters. The fourth-order valence-corrected chi connectivity index (χ4v) is 4.24. The first-order valence-electron chi connectivity index (χ1n) is 10.1. The highest BCUT2D eigenvalue weighted by Crippen LogP contribution is 2.32. The standard InChI is InChI=1S/C24H21N5O2S/c1-29-15-17(13-27-29)21-11-19(9-10-25-21)31-18-7-8-20-23(12-18)32-24(28-20)26-14-22(30)16-5-3-2-4-6-16/h2-13,15,22,30H,14H2,1H3,(H,26,28). The normalized spacial score (nSPS) is 12.1. The van der Waals surface area contributed by atoms with Crippen molar-refractivity contribution in [2.75, 3.05) is 11.9 Å². The summed E-state index contributed by atoms with van der Waals surface area (Å²) in [7, 11) is 1.87. The minimum atomic E-state index is -0.595. The molecule has 1 atom stereocenters. The summed E-state index contributed by atoms with van der Waals surface area (Å²) < 4.78 is 8.82. The van der Waals surface area contributed by atoms with Gasteiger partial charge in [-0.05, 0) is 23.8 Å². The highest BCUT2D eigenvalue weighted by atomic mass is 32.1. The van der Waals surface area contributed by atoms with E-state index in [1.807, 2.05) is 73.9 Å². The van der Waals surface area contributed by atoms with E-state index < -0.39 is 6.10 Å². The van der Waals surface area contributed by atoms with Gasteiger partial charge in [0.25, 0.3) is 0 Å². The van der Waals surface area contributed by atoms with E-state index in [9.17, 15) is 5.11 Å². The SMILES string of the molecule is Cn1cc(-c2cc(Oc3ccc4nc(NCC(O)c5ccccc5)sc4c3)ccn2)cn1. The van der Waals surface area contributed by atoms with Crippen molar-refractivity contribution in [1.82, 2.24) is 19.7 Å². The van der Waals surface area contributed by atoms with Gasteiger partial charge in [-0.15, -0.1) is 0 Å². The van der Waals surface area contributed by atoms with Crippen LogP contribution in [0.15, 0.2) is 79.3 Å². The van der Waals surface area contributed by atoms with Crippen LogP contribution in [0.4, 0.5) is 5.13 Å². The lowest BCUT2D eigenvalue weighted by atomic mass is 10.1. The molecule has 3 heterocycles. The molecule has 8 heteroatoms. The second kappa shape index (κ2) is 8.78. The van der Waals surface area contributed by atoms with Crippen LogP contribution < -0.4 is 10.1 Å². The number of hydrogen-bond donors (Lipinski definition) is 2. The number of benzene rings is 2. The van der Waals surface area contributed by atoms with Crippen LogP contribution in [0.1, 0.15) is 11.7 Å². The first kappa shape index (κ1) is 20.2. The number of aliphatic hydroxyl groups excluding tert-OH is 1. The van der Waals surface area contributed by atoms with Gasteiger partial charge in [0, 0.05) is 43.7 Å². The summed E-state index contributed by atoms with van der Waals surface area (Å²) in [6.07, 6.45) is 4.82. The zero-order chi connectivity index (χ0) is 21.9. The van der Waals surface area contributed by atoms with E-state index in [0.29, 0.717) is 12.3 Å². The minimum Gasteiger partial charge on any atom is -0.457 e. The van der Waals surface area contributed by atoms with E-state index in [4.69, 9.17) is 4.74 Å². The molecule has 0 saturated carbocycles. The third kappa shape index (κ3) is 4.46. The number of aryl methyl sites for hydroxylation is 1. The van der Waals surface area contributed by atoms with Crippen molar-refractivity contribution >= 4 is 26.7 Å². The third-order valence-electron chi connectivity index (χ3n) is 4.96. The third-order valence-corrected chi connectivity index (χ3v) is 5.93. The summed E-state index contributed by atoms with van der Waals surface area (Å²) in [5, 5.41) is 18.5. The van der Waals surface area contributed by atoms with Crippen molar-refractivity contribution in [3.8, 4) is 22.8 Å². The van der Waals surface area contributed by atoms with Gasteiger partial charge in [0.15, 0.2) is 5.13 Å². The molecule has 0 spiro atoms. The molecule has 0 amide bonds. The number of thiazole rings is 1. The minimum absolute atomic E-state index is 0.390. The van der Waals surface area contributed by atoms with E-state index in [-0.39, 0.29) is 0 Å². The maximum atomic E-state index is 10.4. The molecule has 5 aromatic rings. The number of hydrogen-bond acceptors (Lipinski definition) is 7. The largest absolute Gasteiger partial charge is 0.457 e. The first-order valence-corrected chi connectivity index (χ1v) is 11.0. The van der Waals surface area contributed by atoms with Crippen molar-refractivity contribution in [3.05, 3.63) is 84.8 Å². The van der Waals surface area contributed by atoms with E-state index >= 15 is 0 Å². The average molecular weight is 444 g/mol. The maximum absolute atomic E-state index is 10.4. The van der Waals surface area contributed by atoms with Crippen LogP contribution in [0.25, 0.3) is 21.5 Å². The topological polar surface area (TPSA) is 85.1 Å². The Morgan fingerprint density at radius 1 is 1.09 bits per heavy atom. The van der Waals surface area contributed by atoms with Crippen LogP contribution in [0.3, 0.4) is 0 Å². The summed E-state index contributed by atoms with van der Waals surface area (Å²) in [5.41, 5.74) is 3.49.